The maximum absolute atomic E-state index is 12.2. The van der Waals surface area contributed by atoms with E-state index in [1.165, 1.54) is 11.8 Å². The summed E-state index contributed by atoms with van der Waals surface area (Å²) in [5.74, 6) is 1.53. The van der Waals surface area contributed by atoms with Gasteiger partial charge in [-0.1, -0.05) is 23.9 Å². The van der Waals surface area contributed by atoms with Crippen molar-refractivity contribution in [3.8, 4) is 17.6 Å². The van der Waals surface area contributed by atoms with Crippen LogP contribution in [0.1, 0.15) is 11.1 Å². The van der Waals surface area contributed by atoms with Crippen LogP contribution in [0.2, 0.25) is 0 Å². The minimum atomic E-state index is -0.124. The number of carbonyl (C=O) groups excluding carboxylic acids is 1. The number of nitrogens with zero attached hydrogens (tertiary/aromatic N) is 2. The first-order chi connectivity index (χ1) is 13.6. The zero-order valence-corrected chi connectivity index (χ0v) is 16.4. The van der Waals surface area contributed by atoms with Crippen LogP contribution in [0.3, 0.4) is 0 Å². The van der Waals surface area contributed by atoms with E-state index in [-0.39, 0.29) is 11.7 Å². The van der Waals surface area contributed by atoms with Crippen LogP contribution in [-0.2, 0) is 11.3 Å². The Labute approximate surface area is 167 Å². The number of thioether (sulfide) groups is 1. The summed E-state index contributed by atoms with van der Waals surface area (Å²) in [4.78, 5) is 16.7. The monoisotopic (exact) mass is 393 g/mol. The Bertz CT molecular complexity index is 1030. The van der Waals surface area contributed by atoms with E-state index in [9.17, 15) is 10.1 Å². The molecule has 0 spiro atoms. The maximum atomic E-state index is 12.2. The molecular formula is C21H19N3O3S. The lowest BCUT2D eigenvalue weighted by molar-refractivity contribution is -0.118. The van der Waals surface area contributed by atoms with Crippen molar-refractivity contribution in [3.05, 3.63) is 59.7 Å². The average molecular weight is 393 g/mol. The molecule has 28 heavy (non-hydrogen) atoms. The zero-order chi connectivity index (χ0) is 19.9. The molecule has 0 fully saturated rings. The SMILES string of the molecule is COc1ccc(CNC(=O)CSc2nc3ccc(OC)cc3cc2C#N)cc1. The van der Waals surface area contributed by atoms with E-state index < -0.39 is 0 Å². The molecule has 3 aromatic rings. The Balaban J connectivity index is 1.63. The lowest BCUT2D eigenvalue weighted by atomic mass is 10.1. The van der Waals surface area contributed by atoms with Gasteiger partial charge in [-0.05, 0) is 42.0 Å². The topological polar surface area (TPSA) is 84.2 Å². The van der Waals surface area contributed by atoms with Gasteiger partial charge in [0, 0.05) is 11.9 Å². The molecule has 0 saturated heterocycles. The lowest BCUT2D eigenvalue weighted by Crippen LogP contribution is -2.24. The van der Waals surface area contributed by atoms with Gasteiger partial charge in [0.05, 0.1) is 31.1 Å². The summed E-state index contributed by atoms with van der Waals surface area (Å²) in [6.07, 6.45) is 0. The zero-order valence-electron chi connectivity index (χ0n) is 15.6. The summed E-state index contributed by atoms with van der Waals surface area (Å²) < 4.78 is 10.3. The molecule has 1 N–H and O–H groups in total. The van der Waals surface area contributed by atoms with E-state index in [1.54, 1.807) is 20.3 Å². The molecule has 2 aromatic carbocycles. The second kappa shape index (κ2) is 9.11. The highest BCUT2D eigenvalue weighted by Crippen LogP contribution is 2.26. The van der Waals surface area contributed by atoms with Gasteiger partial charge in [0.2, 0.25) is 5.91 Å². The number of ether oxygens (including phenoxy) is 2. The number of amides is 1. The van der Waals surface area contributed by atoms with Gasteiger partial charge in [-0.3, -0.25) is 4.79 Å². The molecule has 1 aromatic heterocycles. The summed E-state index contributed by atoms with van der Waals surface area (Å²) in [6, 6.07) is 16.9. The molecule has 3 rings (SSSR count). The number of hydrogen-bond donors (Lipinski definition) is 1. The predicted molar refractivity (Wildman–Crippen MR) is 109 cm³/mol. The normalized spacial score (nSPS) is 10.3. The Hall–Kier alpha value is -3.24. The first kappa shape index (κ1) is 19.5. The number of rotatable bonds is 7. The van der Waals surface area contributed by atoms with Crippen molar-refractivity contribution < 1.29 is 14.3 Å². The van der Waals surface area contributed by atoms with Gasteiger partial charge in [0.1, 0.15) is 22.6 Å². The van der Waals surface area contributed by atoms with Gasteiger partial charge < -0.3 is 14.8 Å². The molecule has 0 atom stereocenters. The van der Waals surface area contributed by atoms with Crippen molar-refractivity contribution in [1.29, 1.82) is 5.26 Å². The average Bonchev–Trinajstić information content (AvgIpc) is 2.75. The largest absolute Gasteiger partial charge is 0.497 e. The Morgan fingerprint density at radius 2 is 1.82 bits per heavy atom. The first-order valence-corrected chi connectivity index (χ1v) is 9.53. The number of pyridine rings is 1. The summed E-state index contributed by atoms with van der Waals surface area (Å²) in [7, 11) is 3.20. The summed E-state index contributed by atoms with van der Waals surface area (Å²) in [5, 5.41) is 13.7. The van der Waals surface area contributed by atoms with Gasteiger partial charge in [-0.25, -0.2) is 4.98 Å². The number of aromatic nitrogens is 1. The van der Waals surface area contributed by atoms with Gasteiger partial charge in [-0.15, -0.1) is 0 Å². The third kappa shape index (κ3) is 4.72. The van der Waals surface area contributed by atoms with Crippen LogP contribution < -0.4 is 14.8 Å². The second-order valence-corrected chi connectivity index (χ2v) is 6.89. The Morgan fingerprint density at radius 1 is 1.11 bits per heavy atom. The number of fused-ring (bicyclic) bond motifs is 1. The second-order valence-electron chi connectivity index (χ2n) is 5.92. The van der Waals surface area contributed by atoms with Crippen molar-refractivity contribution >= 4 is 28.6 Å². The fourth-order valence-corrected chi connectivity index (χ4v) is 3.38. The molecule has 1 amide bonds. The molecule has 6 nitrogen and oxygen atoms in total. The maximum Gasteiger partial charge on any atom is 0.230 e. The highest BCUT2D eigenvalue weighted by atomic mass is 32.2. The number of methoxy groups -OCH3 is 2. The Kier molecular flexibility index (Phi) is 6.35. The van der Waals surface area contributed by atoms with Gasteiger partial charge in [0.15, 0.2) is 0 Å². The number of carbonyl (C=O) groups is 1. The molecule has 0 saturated carbocycles. The third-order valence-electron chi connectivity index (χ3n) is 4.10. The summed E-state index contributed by atoms with van der Waals surface area (Å²) in [6.45, 7) is 0.430. The smallest absolute Gasteiger partial charge is 0.230 e. The van der Waals surface area contributed by atoms with Crippen LogP contribution in [0, 0.1) is 11.3 Å². The van der Waals surface area contributed by atoms with Crippen LogP contribution in [0.5, 0.6) is 11.5 Å². The molecule has 0 bridgehead atoms. The number of nitrogens with one attached hydrogen (secondary N) is 1. The van der Waals surface area contributed by atoms with Crippen LogP contribution in [0.25, 0.3) is 10.9 Å². The molecule has 0 unspecified atom stereocenters. The third-order valence-corrected chi connectivity index (χ3v) is 5.09. The van der Waals surface area contributed by atoms with E-state index in [0.717, 1.165) is 22.2 Å². The van der Waals surface area contributed by atoms with Gasteiger partial charge >= 0.3 is 0 Å². The van der Waals surface area contributed by atoms with Crippen molar-refractivity contribution in [3.63, 3.8) is 0 Å². The number of nitriles is 1. The van der Waals surface area contributed by atoms with Crippen LogP contribution >= 0.6 is 11.8 Å². The molecule has 7 heteroatoms. The number of hydrogen-bond acceptors (Lipinski definition) is 6. The highest BCUT2D eigenvalue weighted by Gasteiger charge is 2.11. The summed E-state index contributed by atoms with van der Waals surface area (Å²) >= 11 is 1.25. The van der Waals surface area contributed by atoms with Crippen LogP contribution in [0.4, 0.5) is 0 Å². The summed E-state index contributed by atoms with van der Waals surface area (Å²) in [5.41, 5.74) is 2.17. The van der Waals surface area contributed by atoms with Crippen molar-refractivity contribution in [2.75, 3.05) is 20.0 Å². The van der Waals surface area contributed by atoms with E-state index in [1.807, 2.05) is 42.5 Å². The van der Waals surface area contributed by atoms with Crippen molar-refractivity contribution in [2.24, 2.45) is 0 Å². The molecule has 1 heterocycles. The fraction of sp³-hybridized carbons (Fsp3) is 0.190. The Morgan fingerprint density at radius 3 is 2.50 bits per heavy atom. The van der Waals surface area contributed by atoms with E-state index in [2.05, 4.69) is 16.4 Å². The predicted octanol–water partition coefficient (Wildman–Crippen LogP) is 3.53. The first-order valence-electron chi connectivity index (χ1n) is 8.54. The molecule has 0 aliphatic rings. The molecular weight excluding hydrogens is 374 g/mol. The fourth-order valence-electron chi connectivity index (χ4n) is 2.58. The van der Waals surface area contributed by atoms with Crippen LogP contribution in [-0.4, -0.2) is 30.9 Å². The van der Waals surface area contributed by atoms with Crippen LogP contribution in [0.15, 0.2) is 53.6 Å². The van der Waals surface area contributed by atoms with Gasteiger partial charge in [-0.2, -0.15) is 5.26 Å². The van der Waals surface area contributed by atoms with Crippen molar-refractivity contribution in [1.82, 2.24) is 10.3 Å². The van der Waals surface area contributed by atoms with Gasteiger partial charge in [0.25, 0.3) is 0 Å². The molecule has 142 valence electrons. The highest BCUT2D eigenvalue weighted by molar-refractivity contribution is 8.00. The number of benzene rings is 2. The standard InChI is InChI=1S/C21H19N3O3S/c1-26-17-5-3-14(4-6-17)12-23-20(25)13-28-21-16(11-22)9-15-10-18(27-2)7-8-19(15)24-21/h3-10H,12-13H2,1-2H3,(H,23,25). The van der Waals surface area contributed by atoms with Crippen molar-refractivity contribution in [2.45, 2.75) is 11.6 Å². The molecule has 0 aliphatic carbocycles. The van der Waals surface area contributed by atoms with E-state index in [4.69, 9.17) is 9.47 Å². The van der Waals surface area contributed by atoms with E-state index >= 15 is 0 Å². The quantitative estimate of drug-likeness (QED) is 0.618. The van der Waals surface area contributed by atoms with E-state index in [0.29, 0.717) is 22.9 Å². The minimum Gasteiger partial charge on any atom is -0.497 e. The minimum absolute atomic E-state index is 0.124. The lowest BCUT2D eigenvalue weighted by Gasteiger charge is -2.08. The molecule has 0 aliphatic heterocycles. The molecule has 0 radical (unpaired) electrons.